The highest BCUT2D eigenvalue weighted by molar-refractivity contribution is 7.18. The summed E-state index contributed by atoms with van der Waals surface area (Å²) < 4.78 is 5.08. The van der Waals surface area contributed by atoms with Crippen molar-refractivity contribution < 1.29 is 19.1 Å². The molecule has 2 heterocycles. The smallest absolute Gasteiger partial charge is 0.341 e. The molecule has 8 nitrogen and oxygen atoms in total. The van der Waals surface area contributed by atoms with Crippen molar-refractivity contribution in [2.24, 2.45) is 5.73 Å². The Morgan fingerprint density at radius 2 is 1.79 bits per heavy atom. The summed E-state index contributed by atoms with van der Waals surface area (Å²) in [5.74, 6) is -1.51. The Morgan fingerprint density at radius 3 is 2.39 bits per heavy atom. The highest BCUT2D eigenvalue weighted by Gasteiger charge is 2.26. The molecule has 3 N–H and O–H groups in total. The lowest BCUT2D eigenvalue weighted by Crippen LogP contribution is -2.48. The van der Waals surface area contributed by atoms with Crippen molar-refractivity contribution in [2.75, 3.05) is 44.6 Å². The maximum atomic E-state index is 12.7. The fourth-order valence-electron chi connectivity index (χ4n) is 3.66. The molecule has 1 aromatic carbocycles. The highest BCUT2D eigenvalue weighted by atomic mass is 35.5. The molecule has 2 aromatic rings. The summed E-state index contributed by atoms with van der Waals surface area (Å²) in [7, 11) is 0. The topological polar surface area (TPSA) is 105 Å². The summed E-state index contributed by atoms with van der Waals surface area (Å²) in [6.45, 7) is 7.44. The van der Waals surface area contributed by atoms with E-state index in [0.717, 1.165) is 49.6 Å². The van der Waals surface area contributed by atoms with Crippen LogP contribution in [-0.2, 0) is 16.1 Å². The van der Waals surface area contributed by atoms with Gasteiger partial charge in [-0.15, -0.1) is 11.3 Å². The Kier molecular flexibility index (Phi) is 8.72. The molecule has 0 unspecified atom stereocenters. The SMILES string of the molecule is CCOC(=O)c1c(NC(=O)CN2CCN(Cc3ccc(Cl)c(Cl)c3)CC2)sc(C(N)=O)c1C. The Balaban J connectivity index is 1.57. The first-order valence-electron chi connectivity index (χ1n) is 10.5. The van der Waals surface area contributed by atoms with Crippen LogP contribution in [0.4, 0.5) is 5.00 Å². The number of hydrogen-bond acceptors (Lipinski definition) is 7. The number of carbonyl (C=O) groups excluding carboxylic acids is 3. The summed E-state index contributed by atoms with van der Waals surface area (Å²) in [5.41, 5.74) is 7.09. The van der Waals surface area contributed by atoms with Crippen LogP contribution < -0.4 is 11.1 Å². The molecular weight excluding hydrogens is 487 g/mol. The van der Waals surface area contributed by atoms with Gasteiger partial charge < -0.3 is 15.8 Å². The molecule has 0 saturated carbocycles. The van der Waals surface area contributed by atoms with Gasteiger partial charge in [0.2, 0.25) is 5.91 Å². The Bertz CT molecular complexity index is 1050. The molecule has 0 bridgehead atoms. The molecule has 1 fully saturated rings. The third-order valence-electron chi connectivity index (χ3n) is 5.33. The van der Waals surface area contributed by atoms with Crippen molar-refractivity contribution in [2.45, 2.75) is 20.4 Å². The van der Waals surface area contributed by atoms with Gasteiger partial charge in [0, 0.05) is 32.7 Å². The number of rotatable bonds is 8. The lowest BCUT2D eigenvalue weighted by molar-refractivity contribution is -0.117. The minimum atomic E-state index is -0.651. The van der Waals surface area contributed by atoms with Crippen molar-refractivity contribution in [1.29, 1.82) is 0 Å². The number of esters is 1. The van der Waals surface area contributed by atoms with Gasteiger partial charge in [-0.25, -0.2) is 4.79 Å². The van der Waals surface area contributed by atoms with Crippen LogP contribution in [0.1, 0.15) is 38.1 Å². The van der Waals surface area contributed by atoms with Crippen LogP contribution in [0.25, 0.3) is 0 Å². The van der Waals surface area contributed by atoms with E-state index in [2.05, 4.69) is 10.2 Å². The van der Waals surface area contributed by atoms with Gasteiger partial charge in [-0.2, -0.15) is 0 Å². The van der Waals surface area contributed by atoms with E-state index in [4.69, 9.17) is 33.7 Å². The molecule has 1 saturated heterocycles. The first-order chi connectivity index (χ1) is 15.7. The molecule has 0 aliphatic carbocycles. The quantitative estimate of drug-likeness (QED) is 0.525. The molecule has 2 amide bonds. The summed E-state index contributed by atoms with van der Waals surface area (Å²) in [4.78, 5) is 41.3. The molecule has 3 rings (SSSR count). The number of hydrogen-bond donors (Lipinski definition) is 2. The minimum absolute atomic E-state index is 0.172. The summed E-state index contributed by atoms with van der Waals surface area (Å²) in [5, 5.41) is 4.12. The molecule has 1 aromatic heterocycles. The van der Waals surface area contributed by atoms with E-state index in [1.54, 1.807) is 19.9 Å². The van der Waals surface area contributed by atoms with Gasteiger partial charge in [-0.3, -0.25) is 19.4 Å². The predicted molar refractivity (Wildman–Crippen MR) is 130 cm³/mol. The Morgan fingerprint density at radius 1 is 1.12 bits per heavy atom. The summed E-state index contributed by atoms with van der Waals surface area (Å²) in [6, 6.07) is 5.62. The molecule has 0 radical (unpaired) electrons. The second-order valence-electron chi connectivity index (χ2n) is 7.69. The van der Waals surface area contributed by atoms with E-state index < -0.39 is 11.9 Å². The van der Waals surface area contributed by atoms with E-state index in [0.29, 0.717) is 15.6 Å². The maximum Gasteiger partial charge on any atom is 0.341 e. The van der Waals surface area contributed by atoms with Crippen LogP contribution in [0, 0.1) is 6.92 Å². The van der Waals surface area contributed by atoms with Gasteiger partial charge in [-0.05, 0) is 37.1 Å². The second kappa shape index (κ2) is 11.3. The number of ether oxygens (including phenoxy) is 1. The van der Waals surface area contributed by atoms with Crippen molar-refractivity contribution in [3.63, 3.8) is 0 Å². The second-order valence-corrected chi connectivity index (χ2v) is 9.53. The zero-order chi connectivity index (χ0) is 24.1. The first kappa shape index (κ1) is 25.5. The monoisotopic (exact) mass is 512 g/mol. The Labute approximate surface area is 206 Å². The third-order valence-corrected chi connectivity index (χ3v) is 7.29. The molecule has 0 atom stereocenters. The number of benzene rings is 1. The fourth-order valence-corrected chi connectivity index (χ4v) is 5.04. The molecular formula is C22H26Cl2N4O4S. The highest BCUT2D eigenvalue weighted by Crippen LogP contribution is 2.33. The largest absolute Gasteiger partial charge is 0.462 e. The van der Waals surface area contributed by atoms with Gasteiger partial charge in [0.25, 0.3) is 5.91 Å². The van der Waals surface area contributed by atoms with E-state index in [-0.39, 0.29) is 34.5 Å². The number of anilines is 1. The molecule has 33 heavy (non-hydrogen) atoms. The van der Waals surface area contributed by atoms with E-state index in [1.807, 2.05) is 17.0 Å². The van der Waals surface area contributed by atoms with Gasteiger partial charge in [-0.1, -0.05) is 29.3 Å². The van der Waals surface area contributed by atoms with Crippen LogP contribution >= 0.6 is 34.5 Å². The number of carbonyl (C=O) groups is 3. The number of nitrogens with two attached hydrogens (primary N) is 1. The number of halogens is 2. The molecule has 0 spiro atoms. The van der Waals surface area contributed by atoms with Crippen LogP contribution in [0.15, 0.2) is 18.2 Å². The van der Waals surface area contributed by atoms with Gasteiger partial charge in [0.1, 0.15) is 5.00 Å². The average molecular weight is 513 g/mol. The molecule has 11 heteroatoms. The van der Waals surface area contributed by atoms with Gasteiger partial charge in [0.15, 0.2) is 0 Å². The number of piperazine rings is 1. The van der Waals surface area contributed by atoms with Crippen molar-refractivity contribution in [3.05, 3.63) is 49.8 Å². The molecule has 1 aliphatic heterocycles. The molecule has 1 aliphatic rings. The first-order valence-corrected chi connectivity index (χ1v) is 12.1. The lowest BCUT2D eigenvalue weighted by Gasteiger charge is -2.34. The number of amides is 2. The van der Waals surface area contributed by atoms with Crippen LogP contribution in [-0.4, -0.2) is 66.9 Å². The summed E-state index contributed by atoms with van der Waals surface area (Å²) in [6.07, 6.45) is 0. The van der Waals surface area contributed by atoms with E-state index >= 15 is 0 Å². The van der Waals surface area contributed by atoms with Gasteiger partial charge >= 0.3 is 5.97 Å². The number of nitrogens with zero attached hydrogens (tertiary/aromatic N) is 2. The maximum absolute atomic E-state index is 12.7. The average Bonchev–Trinajstić information content (AvgIpc) is 3.08. The number of thiophene rings is 1. The lowest BCUT2D eigenvalue weighted by atomic mass is 10.1. The normalized spacial score (nSPS) is 14.8. The zero-order valence-corrected chi connectivity index (χ0v) is 20.8. The molecule has 178 valence electrons. The van der Waals surface area contributed by atoms with Crippen molar-refractivity contribution >= 4 is 57.3 Å². The number of primary amides is 1. The number of nitrogens with one attached hydrogen (secondary N) is 1. The van der Waals surface area contributed by atoms with Crippen molar-refractivity contribution in [3.8, 4) is 0 Å². The van der Waals surface area contributed by atoms with E-state index in [1.165, 1.54) is 0 Å². The van der Waals surface area contributed by atoms with E-state index in [9.17, 15) is 14.4 Å². The van der Waals surface area contributed by atoms with Gasteiger partial charge in [0.05, 0.1) is 33.6 Å². The standard InChI is InChI=1S/C22H26Cl2N4O4S/c1-3-32-22(31)18-13(2)19(20(25)30)33-21(18)26-17(29)12-28-8-6-27(7-9-28)11-14-4-5-15(23)16(24)10-14/h4-5,10H,3,6-9,11-12H2,1-2H3,(H2,25,30)(H,26,29). The fraction of sp³-hybridized carbons (Fsp3) is 0.409. The van der Waals surface area contributed by atoms with Crippen LogP contribution in [0.3, 0.4) is 0 Å². The third kappa shape index (κ3) is 6.45. The Hall–Kier alpha value is -2.17. The van der Waals surface area contributed by atoms with Crippen LogP contribution in [0.2, 0.25) is 10.0 Å². The predicted octanol–water partition coefficient (Wildman–Crippen LogP) is 3.40. The van der Waals surface area contributed by atoms with Crippen molar-refractivity contribution in [1.82, 2.24) is 9.80 Å². The summed E-state index contributed by atoms with van der Waals surface area (Å²) >= 11 is 13.1. The van der Waals surface area contributed by atoms with Crippen LogP contribution in [0.5, 0.6) is 0 Å². The minimum Gasteiger partial charge on any atom is -0.462 e. The zero-order valence-electron chi connectivity index (χ0n) is 18.5.